The third-order valence-corrected chi connectivity index (χ3v) is 5.10. The van der Waals surface area contributed by atoms with Gasteiger partial charge in [0.15, 0.2) is 5.82 Å². The maximum Gasteiger partial charge on any atom is 0.247 e. The van der Waals surface area contributed by atoms with Gasteiger partial charge in [-0.2, -0.15) is 4.98 Å². The monoisotopic (exact) mass is 459 g/mol. The topological polar surface area (TPSA) is 97.7 Å². The van der Waals surface area contributed by atoms with Crippen LogP contribution in [0.1, 0.15) is 44.2 Å². The minimum atomic E-state index is -1.03. The number of halogens is 2. The molecule has 1 aliphatic rings. The lowest BCUT2D eigenvalue weighted by atomic mass is 9.91. The summed E-state index contributed by atoms with van der Waals surface area (Å²) < 4.78 is 10.8. The second kappa shape index (κ2) is 11.6. The molecule has 2 N–H and O–H groups in total. The molecule has 1 fully saturated rings. The number of nitrogens with zero attached hydrogens (tertiary/aromatic N) is 4. The Balaban J connectivity index is 0.00000225. The minimum Gasteiger partial charge on any atom is -0.371 e. The van der Waals surface area contributed by atoms with E-state index in [1.54, 1.807) is 6.92 Å². The number of benzene rings is 1. The number of nitrogens with two attached hydrogens (primary N) is 1. The first-order valence-corrected chi connectivity index (χ1v) is 9.72. The number of hydrogen-bond donors (Lipinski definition) is 1. The third kappa shape index (κ3) is 6.15. The van der Waals surface area contributed by atoms with Crippen LogP contribution in [-0.4, -0.2) is 58.6 Å². The van der Waals surface area contributed by atoms with E-state index in [1.165, 1.54) is 0 Å². The Morgan fingerprint density at radius 3 is 2.47 bits per heavy atom. The maximum absolute atomic E-state index is 13.0. The maximum atomic E-state index is 13.0. The van der Waals surface area contributed by atoms with Gasteiger partial charge in [-0.1, -0.05) is 35.5 Å². The summed E-state index contributed by atoms with van der Waals surface area (Å²) in [5, 5.41) is 3.99. The predicted molar refractivity (Wildman–Crippen MR) is 119 cm³/mol. The van der Waals surface area contributed by atoms with Gasteiger partial charge in [0.1, 0.15) is 11.6 Å². The molecule has 30 heavy (non-hydrogen) atoms. The van der Waals surface area contributed by atoms with Gasteiger partial charge in [-0.25, -0.2) is 0 Å². The largest absolute Gasteiger partial charge is 0.371 e. The van der Waals surface area contributed by atoms with Gasteiger partial charge in [0, 0.05) is 32.8 Å². The fourth-order valence-corrected chi connectivity index (χ4v) is 3.36. The third-order valence-electron chi connectivity index (χ3n) is 5.10. The van der Waals surface area contributed by atoms with Crippen LogP contribution in [0, 0.1) is 0 Å². The molecule has 2 unspecified atom stereocenters. The van der Waals surface area contributed by atoms with Gasteiger partial charge in [0.25, 0.3) is 0 Å². The highest BCUT2D eigenvalue weighted by Crippen LogP contribution is 2.21. The number of hydrogen-bond acceptors (Lipinski definition) is 7. The quantitative estimate of drug-likeness (QED) is 0.678. The number of ether oxygens (including phenoxy) is 1. The van der Waals surface area contributed by atoms with E-state index in [0.717, 1.165) is 18.7 Å². The summed E-state index contributed by atoms with van der Waals surface area (Å²) in [6.45, 7) is 9.48. The van der Waals surface area contributed by atoms with Gasteiger partial charge in [-0.3, -0.25) is 9.69 Å². The number of carbonyl (C=O) groups is 1. The standard InChI is InChI=1S/C20H29N5O3.2ClH/c1-4-27-15(2)18-22-17(28-23-18)14-24-10-12-25(13-11-24)19(26)20(3,21)16-8-6-5-7-9-16;;/h5-9,15H,4,10-14,21H2,1-3H3;2*1H. The summed E-state index contributed by atoms with van der Waals surface area (Å²) >= 11 is 0. The Kier molecular flexibility index (Phi) is 10.2. The summed E-state index contributed by atoms with van der Waals surface area (Å²) in [5.41, 5.74) is 6.17. The molecular formula is C20H31Cl2N5O3. The minimum absolute atomic E-state index is 0. The predicted octanol–water partition coefficient (Wildman–Crippen LogP) is 2.53. The Labute approximate surface area is 189 Å². The van der Waals surface area contributed by atoms with Crippen molar-refractivity contribution in [3.63, 3.8) is 0 Å². The highest BCUT2D eigenvalue weighted by molar-refractivity contribution is 5.87. The average molecular weight is 460 g/mol. The van der Waals surface area contributed by atoms with Gasteiger partial charge >= 0.3 is 0 Å². The summed E-state index contributed by atoms with van der Waals surface area (Å²) in [6, 6.07) is 9.50. The molecule has 1 amide bonds. The van der Waals surface area contributed by atoms with Gasteiger partial charge in [-0.15, -0.1) is 24.8 Å². The number of amides is 1. The molecule has 10 heteroatoms. The van der Waals surface area contributed by atoms with Crippen molar-refractivity contribution in [3.8, 4) is 0 Å². The van der Waals surface area contributed by atoms with Crippen LogP contribution >= 0.6 is 24.8 Å². The zero-order chi connectivity index (χ0) is 20.1. The van der Waals surface area contributed by atoms with E-state index >= 15 is 0 Å². The normalized spacial score (nSPS) is 17.4. The first-order chi connectivity index (χ1) is 13.4. The van der Waals surface area contributed by atoms with Gasteiger partial charge < -0.3 is 19.9 Å². The molecule has 1 saturated heterocycles. The Bertz CT molecular complexity index is 780. The SMILES string of the molecule is CCOC(C)c1noc(CN2CCN(C(=O)C(C)(N)c3ccccc3)CC2)n1.Cl.Cl. The molecule has 1 aliphatic heterocycles. The lowest BCUT2D eigenvalue weighted by Crippen LogP contribution is -2.56. The zero-order valence-corrected chi connectivity index (χ0v) is 19.2. The Hall–Kier alpha value is -1.71. The molecule has 2 aromatic rings. The highest BCUT2D eigenvalue weighted by Gasteiger charge is 2.35. The first-order valence-electron chi connectivity index (χ1n) is 9.72. The summed E-state index contributed by atoms with van der Waals surface area (Å²) in [7, 11) is 0. The summed E-state index contributed by atoms with van der Waals surface area (Å²) in [5.74, 6) is 1.07. The number of carbonyl (C=O) groups excluding carboxylic acids is 1. The fraction of sp³-hybridized carbons (Fsp3) is 0.550. The lowest BCUT2D eigenvalue weighted by Gasteiger charge is -2.38. The van der Waals surface area contributed by atoms with Crippen molar-refractivity contribution in [2.45, 2.75) is 39.0 Å². The molecule has 0 bridgehead atoms. The van der Waals surface area contributed by atoms with Crippen molar-refractivity contribution >= 4 is 30.7 Å². The molecule has 0 spiro atoms. The van der Waals surface area contributed by atoms with E-state index in [9.17, 15) is 4.79 Å². The highest BCUT2D eigenvalue weighted by atomic mass is 35.5. The van der Waals surface area contributed by atoms with E-state index in [1.807, 2.05) is 49.1 Å². The molecule has 1 aromatic carbocycles. The summed E-state index contributed by atoms with van der Waals surface area (Å²) in [4.78, 5) is 21.4. The van der Waals surface area contributed by atoms with Crippen LogP contribution in [-0.2, 0) is 21.6 Å². The molecule has 0 saturated carbocycles. The zero-order valence-electron chi connectivity index (χ0n) is 17.6. The van der Waals surface area contributed by atoms with Crippen LogP contribution in [0.3, 0.4) is 0 Å². The van der Waals surface area contributed by atoms with Crippen LogP contribution < -0.4 is 5.73 Å². The first kappa shape index (κ1) is 26.3. The second-order valence-electron chi connectivity index (χ2n) is 7.28. The molecule has 168 valence electrons. The van der Waals surface area contributed by atoms with Crippen molar-refractivity contribution in [2.24, 2.45) is 5.73 Å². The van der Waals surface area contributed by atoms with Crippen LogP contribution in [0.2, 0.25) is 0 Å². The van der Waals surface area contributed by atoms with Crippen LogP contribution in [0.15, 0.2) is 34.9 Å². The van der Waals surface area contributed by atoms with Crippen molar-refractivity contribution in [3.05, 3.63) is 47.6 Å². The van der Waals surface area contributed by atoms with Crippen LogP contribution in [0.25, 0.3) is 0 Å². The van der Waals surface area contributed by atoms with E-state index < -0.39 is 5.54 Å². The van der Waals surface area contributed by atoms with E-state index in [2.05, 4.69) is 15.0 Å². The fourth-order valence-electron chi connectivity index (χ4n) is 3.36. The molecule has 3 rings (SSSR count). The van der Waals surface area contributed by atoms with Crippen molar-refractivity contribution in [1.29, 1.82) is 0 Å². The number of piperazine rings is 1. The van der Waals surface area contributed by atoms with Crippen LogP contribution in [0.5, 0.6) is 0 Å². The van der Waals surface area contributed by atoms with E-state index in [0.29, 0.717) is 38.0 Å². The van der Waals surface area contributed by atoms with Gasteiger partial charge in [-0.05, 0) is 26.3 Å². The Morgan fingerprint density at radius 1 is 1.23 bits per heavy atom. The van der Waals surface area contributed by atoms with Gasteiger partial charge in [0.05, 0.1) is 6.54 Å². The molecule has 8 nitrogen and oxygen atoms in total. The van der Waals surface area contributed by atoms with E-state index in [4.69, 9.17) is 15.0 Å². The lowest BCUT2D eigenvalue weighted by molar-refractivity contribution is -0.138. The van der Waals surface area contributed by atoms with Crippen LogP contribution in [0.4, 0.5) is 0 Å². The average Bonchev–Trinajstić information content (AvgIpc) is 3.17. The number of aromatic nitrogens is 2. The molecule has 0 radical (unpaired) electrons. The number of rotatable bonds is 7. The smallest absolute Gasteiger partial charge is 0.247 e. The molecular weight excluding hydrogens is 429 g/mol. The van der Waals surface area contributed by atoms with Crippen molar-refractivity contribution < 1.29 is 14.1 Å². The molecule has 0 aliphatic carbocycles. The summed E-state index contributed by atoms with van der Waals surface area (Å²) in [6.07, 6.45) is -0.183. The molecule has 2 atom stereocenters. The molecule has 2 heterocycles. The van der Waals surface area contributed by atoms with Crippen molar-refractivity contribution in [2.75, 3.05) is 32.8 Å². The Morgan fingerprint density at radius 2 is 1.87 bits per heavy atom. The van der Waals surface area contributed by atoms with E-state index in [-0.39, 0.29) is 36.8 Å². The second-order valence-corrected chi connectivity index (χ2v) is 7.28. The molecule has 1 aromatic heterocycles. The van der Waals surface area contributed by atoms with Gasteiger partial charge in [0.2, 0.25) is 11.8 Å². The van der Waals surface area contributed by atoms with Crippen molar-refractivity contribution in [1.82, 2.24) is 19.9 Å².